The molecule has 0 radical (unpaired) electrons. The second-order valence-electron chi connectivity index (χ2n) is 4.53. The van der Waals surface area contributed by atoms with Crippen LogP contribution >= 0.6 is 11.3 Å². The van der Waals surface area contributed by atoms with Crippen molar-refractivity contribution in [3.8, 4) is 0 Å². The Labute approximate surface area is 109 Å². The van der Waals surface area contributed by atoms with Crippen LogP contribution in [-0.4, -0.2) is 4.98 Å². The third-order valence-corrected chi connectivity index (χ3v) is 4.45. The van der Waals surface area contributed by atoms with Crippen LogP contribution in [0.25, 0.3) is 21.9 Å². The molecule has 18 heavy (non-hydrogen) atoms. The molecule has 0 unspecified atom stereocenters. The van der Waals surface area contributed by atoms with Crippen LogP contribution in [0, 0.1) is 0 Å². The molecule has 0 amide bonds. The number of nitrogens with zero attached hydrogens (tertiary/aromatic N) is 1. The number of para-hydroxylation sites is 1. The maximum Gasteiger partial charge on any atom is 0.120 e. The van der Waals surface area contributed by atoms with Gasteiger partial charge in [-0.1, -0.05) is 36.4 Å². The van der Waals surface area contributed by atoms with Crippen molar-refractivity contribution in [3.05, 3.63) is 64.7 Å². The van der Waals surface area contributed by atoms with Crippen molar-refractivity contribution >= 4 is 33.2 Å². The molecule has 1 aromatic heterocycles. The van der Waals surface area contributed by atoms with Gasteiger partial charge >= 0.3 is 0 Å². The van der Waals surface area contributed by atoms with E-state index in [1.54, 1.807) is 11.3 Å². The summed E-state index contributed by atoms with van der Waals surface area (Å²) in [4.78, 5) is 4.73. The Hall–Kier alpha value is -1.93. The van der Waals surface area contributed by atoms with E-state index in [1.165, 1.54) is 21.4 Å². The fraction of sp³-hybridized carbons (Fsp3) is 0.0625. The van der Waals surface area contributed by atoms with Crippen LogP contribution in [0.3, 0.4) is 0 Å². The number of thiazole rings is 1. The van der Waals surface area contributed by atoms with Crippen molar-refractivity contribution in [2.75, 3.05) is 0 Å². The molecule has 2 heteroatoms. The lowest BCUT2D eigenvalue weighted by atomic mass is 10.1. The van der Waals surface area contributed by atoms with Gasteiger partial charge in [0.1, 0.15) is 5.01 Å². The Kier molecular flexibility index (Phi) is 2.11. The second-order valence-corrected chi connectivity index (χ2v) is 5.56. The Morgan fingerprint density at radius 3 is 2.67 bits per heavy atom. The van der Waals surface area contributed by atoms with Gasteiger partial charge in [0.15, 0.2) is 0 Å². The SMILES string of the molecule is C1=C(c2nc3ccccc3s2)Cc2ccccc21. The number of allylic oxidation sites excluding steroid dienone is 1. The number of aromatic nitrogens is 1. The zero-order valence-corrected chi connectivity index (χ0v) is 10.6. The monoisotopic (exact) mass is 249 g/mol. The second kappa shape index (κ2) is 3.79. The van der Waals surface area contributed by atoms with Gasteiger partial charge in [0.25, 0.3) is 0 Å². The first kappa shape index (κ1) is 10.0. The van der Waals surface area contributed by atoms with Crippen LogP contribution in [0.5, 0.6) is 0 Å². The molecule has 0 aliphatic heterocycles. The van der Waals surface area contributed by atoms with Gasteiger partial charge in [0.2, 0.25) is 0 Å². The Morgan fingerprint density at radius 2 is 1.78 bits per heavy atom. The van der Waals surface area contributed by atoms with Crippen LogP contribution in [0.4, 0.5) is 0 Å². The minimum atomic E-state index is 1.01. The fourth-order valence-electron chi connectivity index (χ4n) is 2.43. The van der Waals surface area contributed by atoms with E-state index < -0.39 is 0 Å². The van der Waals surface area contributed by atoms with Crippen LogP contribution in [0.2, 0.25) is 0 Å². The fourth-order valence-corrected chi connectivity index (χ4v) is 3.41. The molecule has 3 aromatic rings. The first-order valence-corrected chi connectivity index (χ1v) is 6.86. The molecule has 86 valence electrons. The zero-order chi connectivity index (χ0) is 11.9. The Morgan fingerprint density at radius 1 is 0.944 bits per heavy atom. The lowest BCUT2D eigenvalue weighted by Gasteiger charge is -1.96. The van der Waals surface area contributed by atoms with Gasteiger partial charge in [-0.05, 0) is 34.9 Å². The van der Waals surface area contributed by atoms with Gasteiger partial charge in [-0.2, -0.15) is 0 Å². The van der Waals surface area contributed by atoms with E-state index >= 15 is 0 Å². The van der Waals surface area contributed by atoms with Gasteiger partial charge in [-0.25, -0.2) is 4.98 Å². The molecule has 4 rings (SSSR count). The maximum atomic E-state index is 4.73. The third kappa shape index (κ3) is 1.50. The standard InChI is InChI=1S/C16H11NS/c1-2-6-12-10-13(9-11(12)5-1)16-17-14-7-3-4-8-15(14)18-16/h1-9H,10H2. The van der Waals surface area contributed by atoms with Crippen molar-refractivity contribution < 1.29 is 0 Å². The molecular weight excluding hydrogens is 238 g/mol. The molecule has 2 aromatic carbocycles. The molecule has 1 nitrogen and oxygen atoms in total. The van der Waals surface area contributed by atoms with Gasteiger partial charge in [-0.3, -0.25) is 0 Å². The number of benzene rings is 2. The topological polar surface area (TPSA) is 12.9 Å². The molecule has 1 aliphatic carbocycles. The summed E-state index contributed by atoms with van der Waals surface area (Å²) in [5.74, 6) is 0. The van der Waals surface area contributed by atoms with Gasteiger partial charge in [0, 0.05) is 6.42 Å². The predicted molar refractivity (Wildman–Crippen MR) is 77.6 cm³/mol. The highest BCUT2D eigenvalue weighted by molar-refractivity contribution is 7.19. The summed E-state index contributed by atoms with van der Waals surface area (Å²) in [6.07, 6.45) is 3.28. The number of hydrogen-bond donors (Lipinski definition) is 0. The van der Waals surface area contributed by atoms with Crippen LogP contribution in [0.1, 0.15) is 16.1 Å². The van der Waals surface area contributed by atoms with Crippen molar-refractivity contribution in [1.29, 1.82) is 0 Å². The zero-order valence-electron chi connectivity index (χ0n) is 9.76. The van der Waals surface area contributed by atoms with E-state index in [4.69, 9.17) is 4.98 Å². The van der Waals surface area contributed by atoms with Gasteiger partial charge in [0.05, 0.1) is 10.2 Å². The Bertz CT molecular complexity index is 734. The van der Waals surface area contributed by atoms with Crippen LogP contribution in [0.15, 0.2) is 48.5 Å². The number of fused-ring (bicyclic) bond motifs is 2. The molecule has 0 N–H and O–H groups in total. The van der Waals surface area contributed by atoms with Crippen molar-refractivity contribution in [3.63, 3.8) is 0 Å². The number of rotatable bonds is 1. The third-order valence-electron chi connectivity index (χ3n) is 3.33. The first-order valence-electron chi connectivity index (χ1n) is 6.04. The lowest BCUT2D eigenvalue weighted by Crippen LogP contribution is -1.83. The summed E-state index contributed by atoms with van der Waals surface area (Å²) in [5.41, 5.74) is 5.20. The molecular formula is C16H11NS. The summed E-state index contributed by atoms with van der Waals surface area (Å²) in [5, 5.41) is 1.16. The highest BCUT2D eigenvalue weighted by Crippen LogP contribution is 2.35. The average Bonchev–Trinajstić information content (AvgIpc) is 3.02. The first-order chi connectivity index (χ1) is 8.90. The average molecular weight is 249 g/mol. The van der Waals surface area contributed by atoms with E-state index in [9.17, 15) is 0 Å². The summed E-state index contributed by atoms with van der Waals surface area (Å²) in [6.45, 7) is 0. The van der Waals surface area contributed by atoms with E-state index in [0.29, 0.717) is 0 Å². The minimum Gasteiger partial charge on any atom is -0.236 e. The highest BCUT2D eigenvalue weighted by atomic mass is 32.1. The van der Waals surface area contributed by atoms with E-state index in [0.717, 1.165) is 16.9 Å². The highest BCUT2D eigenvalue weighted by Gasteiger charge is 2.16. The van der Waals surface area contributed by atoms with Crippen molar-refractivity contribution in [2.45, 2.75) is 6.42 Å². The molecule has 0 spiro atoms. The van der Waals surface area contributed by atoms with Crippen molar-refractivity contribution in [2.24, 2.45) is 0 Å². The smallest absolute Gasteiger partial charge is 0.120 e. The summed E-state index contributed by atoms with van der Waals surface area (Å²) >= 11 is 1.79. The normalized spacial score (nSPS) is 13.7. The van der Waals surface area contributed by atoms with Crippen LogP contribution in [-0.2, 0) is 6.42 Å². The number of hydrogen-bond acceptors (Lipinski definition) is 2. The molecule has 1 heterocycles. The lowest BCUT2D eigenvalue weighted by molar-refractivity contribution is 1.30. The minimum absolute atomic E-state index is 1.01. The summed E-state index contributed by atoms with van der Waals surface area (Å²) in [7, 11) is 0. The maximum absolute atomic E-state index is 4.73. The van der Waals surface area contributed by atoms with E-state index in [2.05, 4.69) is 48.5 Å². The molecule has 0 atom stereocenters. The molecule has 0 fully saturated rings. The van der Waals surface area contributed by atoms with Crippen molar-refractivity contribution in [1.82, 2.24) is 4.98 Å². The summed E-state index contributed by atoms with van der Waals surface area (Å²) in [6, 6.07) is 16.9. The van der Waals surface area contributed by atoms with Gasteiger partial charge in [-0.15, -0.1) is 11.3 Å². The quantitative estimate of drug-likeness (QED) is 0.623. The largest absolute Gasteiger partial charge is 0.236 e. The molecule has 0 saturated heterocycles. The van der Waals surface area contributed by atoms with E-state index in [1.807, 2.05) is 6.07 Å². The predicted octanol–water partition coefficient (Wildman–Crippen LogP) is 4.39. The Balaban J connectivity index is 1.82. The molecule has 0 saturated carbocycles. The molecule has 1 aliphatic rings. The molecule has 0 bridgehead atoms. The van der Waals surface area contributed by atoms with E-state index in [-0.39, 0.29) is 0 Å². The van der Waals surface area contributed by atoms with Gasteiger partial charge < -0.3 is 0 Å². The van der Waals surface area contributed by atoms with Crippen LogP contribution < -0.4 is 0 Å². The summed E-state index contributed by atoms with van der Waals surface area (Å²) < 4.78 is 1.27.